The maximum Gasteiger partial charge on any atom is 0.494 e. The Morgan fingerprint density at radius 2 is 1.47 bits per heavy atom. The molecule has 6 heteroatoms. The SMILES string of the molecule is CCCCc1ccc(-c2nnc(-c3cccc(B4OC(C)(C)C(C)(C)O4)c3)o2)cc1. The van der Waals surface area contributed by atoms with Gasteiger partial charge in [-0.1, -0.05) is 37.6 Å². The average Bonchev–Trinajstić information content (AvgIpc) is 3.29. The summed E-state index contributed by atoms with van der Waals surface area (Å²) >= 11 is 0. The number of nitrogens with zero attached hydrogens (tertiary/aromatic N) is 2. The van der Waals surface area contributed by atoms with Gasteiger partial charge in [-0.05, 0) is 75.8 Å². The number of aryl methyl sites for hydroxylation is 1. The summed E-state index contributed by atoms with van der Waals surface area (Å²) in [6.45, 7) is 10.4. The third-order valence-electron chi connectivity index (χ3n) is 6.10. The molecule has 1 aliphatic rings. The van der Waals surface area contributed by atoms with Crippen molar-refractivity contribution in [1.82, 2.24) is 10.2 Å². The number of unbranched alkanes of at least 4 members (excludes halogenated alkanes) is 1. The third-order valence-corrected chi connectivity index (χ3v) is 6.10. The molecule has 3 aromatic rings. The van der Waals surface area contributed by atoms with E-state index in [1.54, 1.807) is 0 Å². The van der Waals surface area contributed by atoms with Gasteiger partial charge in [0.15, 0.2) is 0 Å². The Bertz CT molecular complexity index is 995. The van der Waals surface area contributed by atoms with Gasteiger partial charge in [-0.15, -0.1) is 10.2 Å². The molecule has 1 aliphatic heterocycles. The minimum absolute atomic E-state index is 0.380. The molecule has 0 unspecified atom stereocenters. The van der Waals surface area contributed by atoms with Gasteiger partial charge in [0.05, 0.1) is 11.2 Å². The smallest absolute Gasteiger partial charge is 0.416 e. The molecule has 156 valence electrons. The van der Waals surface area contributed by atoms with E-state index in [4.69, 9.17) is 13.7 Å². The molecule has 0 saturated carbocycles. The zero-order valence-corrected chi connectivity index (χ0v) is 18.4. The van der Waals surface area contributed by atoms with Gasteiger partial charge in [-0.25, -0.2) is 0 Å². The van der Waals surface area contributed by atoms with Gasteiger partial charge in [0.25, 0.3) is 0 Å². The second-order valence-electron chi connectivity index (χ2n) is 8.93. The molecule has 0 aliphatic carbocycles. The van der Waals surface area contributed by atoms with Crippen molar-refractivity contribution in [3.05, 3.63) is 54.1 Å². The highest BCUT2D eigenvalue weighted by atomic mass is 16.7. The van der Waals surface area contributed by atoms with E-state index in [9.17, 15) is 0 Å². The van der Waals surface area contributed by atoms with Crippen molar-refractivity contribution in [3.8, 4) is 22.9 Å². The number of aromatic nitrogens is 2. The highest BCUT2D eigenvalue weighted by Gasteiger charge is 2.51. The molecule has 1 aromatic heterocycles. The monoisotopic (exact) mass is 404 g/mol. The van der Waals surface area contributed by atoms with E-state index in [0.717, 1.165) is 23.0 Å². The molecule has 0 N–H and O–H groups in total. The average molecular weight is 404 g/mol. The molecular weight excluding hydrogens is 375 g/mol. The quantitative estimate of drug-likeness (QED) is 0.539. The van der Waals surface area contributed by atoms with Crippen LogP contribution in [0.1, 0.15) is 53.0 Å². The zero-order valence-electron chi connectivity index (χ0n) is 18.4. The summed E-state index contributed by atoms with van der Waals surface area (Å²) in [5, 5.41) is 8.51. The lowest BCUT2D eigenvalue weighted by Gasteiger charge is -2.32. The first-order valence-corrected chi connectivity index (χ1v) is 10.7. The summed E-state index contributed by atoms with van der Waals surface area (Å²) in [4.78, 5) is 0. The lowest BCUT2D eigenvalue weighted by molar-refractivity contribution is 0.00578. The van der Waals surface area contributed by atoms with Crippen LogP contribution in [0.2, 0.25) is 0 Å². The van der Waals surface area contributed by atoms with Gasteiger partial charge in [-0.2, -0.15) is 0 Å². The van der Waals surface area contributed by atoms with Crippen LogP contribution in [0.15, 0.2) is 52.9 Å². The maximum absolute atomic E-state index is 6.17. The molecule has 30 heavy (non-hydrogen) atoms. The van der Waals surface area contributed by atoms with E-state index < -0.39 is 7.12 Å². The first-order valence-electron chi connectivity index (χ1n) is 10.7. The van der Waals surface area contributed by atoms with E-state index in [1.807, 2.05) is 36.4 Å². The fourth-order valence-electron chi connectivity index (χ4n) is 3.45. The van der Waals surface area contributed by atoms with Crippen LogP contribution in [0.3, 0.4) is 0 Å². The number of rotatable bonds is 6. The Kier molecular flexibility index (Phi) is 5.56. The molecule has 0 radical (unpaired) electrons. The van der Waals surface area contributed by atoms with Gasteiger partial charge in [0.1, 0.15) is 0 Å². The van der Waals surface area contributed by atoms with Crippen molar-refractivity contribution in [2.24, 2.45) is 0 Å². The van der Waals surface area contributed by atoms with Crippen LogP contribution >= 0.6 is 0 Å². The van der Waals surface area contributed by atoms with Gasteiger partial charge < -0.3 is 13.7 Å². The highest BCUT2D eigenvalue weighted by Crippen LogP contribution is 2.36. The summed E-state index contributed by atoms with van der Waals surface area (Å²) in [6, 6.07) is 16.3. The maximum atomic E-state index is 6.17. The standard InChI is InChI=1S/C24H29BN2O3/c1-6-7-9-17-12-14-18(15-13-17)21-26-27-22(28-21)19-10-8-11-20(16-19)25-29-23(2,3)24(4,5)30-25/h8,10-16H,6-7,9H2,1-5H3. The lowest BCUT2D eigenvalue weighted by Crippen LogP contribution is -2.41. The van der Waals surface area contributed by atoms with Crippen LogP contribution in [0.5, 0.6) is 0 Å². The number of hydrogen-bond donors (Lipinski definition) is 0. The molecule has 0 amide bonds. The molecule has 0 atom stereocenters. The summed E-state index contributed by atoms with van der Waals surface area (Å²) in [5.74, 6) is 1.01. The largest absolute Gasteiger partial charge is 0.494 e. The first-order chi connectivity index (χ1) is 14.3. The van der Waals surface area contributed by atoms with Crippen LogP contribution in [0.4, 0.5) is 0 Å². The zero-order chi connectivity index (χ0) is 21.4. The van der Waals surface area contributed by atoms with Crippen molar-refractivity contribution in [3.63, 3.8) is 0 Å². The van der Waals surface area contributed by atoms with Crippen molar-refractivity contribution < 1.29 is 13.7 Å². The van der Waals surface area contributed by atoms with Crippen molar-refractivity contribution >= 4 is 12.6 Å². The number of benzene rings is 2. The normalized spacial score (nSPS) is 17.4. The van der Waals surface area contributed by atoms with E-state index >= 15 is 0 Å². The Morgan fingerprint density at radius 3 is 2.10 bits per heavy atom. The molecule has 0 bridgehead atoms. The fourth-order valence-corrected chi connectivity index (χ4v) is 3.45. The molecule has 4 rings (SSSR count). The topological polar surface area (TPSA) is 57.4 Å². The van der Waals surface area contributed by atoms with Gasteiger partial charge in [0, 0.05) is 11.1 Å². The second-order valence-corrected chi connectivity index (χ2v) is 8.93. The van der Waals surface area contributed by atoms with Crippen molar-refractivity contribution in [2.45, 2.75) is 65.1 Å². The molecule has 5 nitrogen and oxygen atoms in total. The second kappa shape index (κ2) is 8.01. The van der Waals surface area contributed by atoms with Crippen LogP contribution in [-0.4, -0.2) is 28.5 Å². The van der Waals surface area contributed by atoms with Crippen LogP contribution in [-0.2, 0) is 15.7 Å². The van der Waals surface area contributed by atoms with Crippen molar-refractivity contribution in [1.29, 1.82) is 0 Å². The fraction of sp³-hybridized carbons (Fsp3) is 0.417. The predicted octanol–water partition coefficient (Wildman–Crippen LogP) is 5.05. The Balaban J connectivity index is 1.54. The first kappa shape index (κ1) is 20.8. The van der Waals surface area contributed by atoms with E-state index in [-0.39, 0.29) is 11.2 Å². The van der Waals surface area contributed by atoms with Crippen LogP contribution in [0, 0.1) is 0 Å². The molecule has 2 aromatic carbocycles. The minimum Gasteiger partial charge on any atom is -0.416 e. The Morgan fingerprint density at radius 1 is 0.833 bits per heavy atom. The number of hydrogen-bond acceptors (Lipinski definition) is 5. The predicted molar refractivity (Wildman–Crippen MR) is 119 cm³/mol. The van der Waals surface area contributed by atoms with Crippen LogP contribution in [0.25, 0.3) is 22.9 Å². The summed E-state index contributed by atoms with van der Waals surface area (Å²) in [7, 11) is -0.423. The summed E-state index contributed by atoms with van der Waals surface area (Å²) < 4.78 is 18.3. The van der Waals surface area contributed by atoms with Gasteiger partial charge in [0.2, 0.25) is 11.8 Å². The molecular formula is C24H29BN2O3. The van der Waals surface area contributed by atoms with E-state index in [0.29, 0.717) is 11.8 Å². The Hall–Kier alpha value is -2.44. The third kappa shape index (κ3) is 4.07. The van der Waals surface area contributed by atoms with Crippen LogP contribution < -0.4 is 5.46 Å². The molecule has 2 heterocycles. The van der Waals surface area contributed by atoms with Gasteiger partial charge in [-0.3, -0.25) is 0 Å². The molecule has 1 fully saturated rings. The van der Waals surface area contributed by atoms with Gasteiger partial charge >= 0.3 is 7.12 Å². The molecule has 1 saturated heterocycles. The lowest BCUT2D eigenvalue weighted by atomic mass is 9.78. The molecule has 0 spiro atoms. The van der Waals surface area contributed by atoms with E-state index in [1.165, 1.54) is 18.4 Å². The Labute approximate surface area is 179 Å². The van der Waals surface area contributed by atoms with Crippen molar-refractivity contribution in [2.75, 3.05) is 0 Å². The van der Waals surface area contributed by atoms with E-state index in [2.05, 4.69) is 56.9 Å². The summed E-state index contributed by atoms with van der Waals surface area (Å²) in [6.07, 6.45) is 3.49. The summed E-state index contributed by atoms with van der Waals surface area (Å²) in [5.41, 5.74) is 3.28. The minimum atomic E-state index is -0.423. The highest BCUT2D eigenvalue weighted by molar-refractivity contribution is 6.62.